The van der Waals surface area contributed by atoms with E-state index in [9.17, 15) is 4.79 Å². The molecule has 0 heterocycles. The lowest BCUT2D eigenvalue weighted by Gasteiger charge is -2.11. The van der Waals surface area contributed by atoms with E-state index in [4.69, 9.17) is 9.47 Å². The summed E-state index contributed by atoms with van der Waals surface area (Å²) >= 11 is 0. The Kier molecular flexibility index (Phi) is 5.65. The molecule has 0 bridgehead atoms. The van der Waals surface area contributed by atoms with E-state index in [1.54, 1.807) is 14.2 Å². The maximum absolute atomic E-state index is 11.8. The lowest BCUT2D eigenvalue weighted by atomic mass is 10.1. The zero-order valence-electron chi connectivity index (χ0n) is 12.8. The van der Waals surface area contributed by atoms with Crippen molar-refractivity contribution >= 4 is 11.7 Å². The lowest BCUT2D eigenvalue weighted by molar-refractivity contribution is 0.252. The Hall–Kier alpha value is -2.69. The average molecular weight is 300 g/mol. The Morgan fingerprint density at radius 1 is 1.05 bits per heavy atom. The van der Waals surface area contributed by atoms with Crippen LogP contribution in [0.4, 0.5) is 10.5 Å². The van der Waals surface area contributed by atoms with E-state index in [1.807, 2.05) is 48.5 Å². The number of rotatable bonds is 6. The number of hydrogen-bond acceptors (Lipinski definition) is 3. The molecule has 0 aliphatic rings. The fraction of sp³-hybridized carbons (Fsp3) is 0.235. The van der Waals surface area contributed by atoms with Crippen LogP contribution in [0.5, 0.6) is 11.5 Å². The van der Waals surface area contributed by atoms with Gasteiger partial charge < -0.3 is 20.1 Å². The van der Waals surface area contributed by atoms with Crippen molar-refractivity contribution < 1.29 is 14.3 Å². The summed E-state index contributed by atoms with van der Waals surface area (Å²) in [4.78, 5) is 11.8. The summed E-state index contributed by atoms with van der Waals surface area (Å²) < 4.78 is 10.5. The van der Waals surface area contributed by atoms with Gasteiger partial charge in [-0.25, -0.2) is 4.79 Å². The zero-order chi connectivity index (χ0) is 15.8. The van der Waals surface area contributed by atoms with Crippen LogP contribution in [0.3, 0.4) is 0 Å². The lowest BCUT2D eigenvalue weighted by Crippen LogP contribution is -2.30. The third-order valence-electron chi connectivity index (χ3n) is 3.20. The van der Waals surface area contributed by atoms with Gasteiger partial charge in [-0.1, -0.05) is 18.2 Å². The fourth-order valence-corrected chi connectivity index (χ4v) is 2.08. The van der Waals surface area contributed by atoms with Crippen molar-refractivity contribution in [3.8, 4) is 11.5 Å². The molecule has 2 N–H and O–H groups in total. The maximum atomic E-state index is 11.8. The standard InChI is InChI=1S/C17H20N2O3/c1-21-15-8-9-16(22-2)13(12-15)10-11-18-17(20)19-14-6-4-3-5-7-14/h3-9,12H,10-11H2,1-2H3,(H2,18,19,20). The molecule has 0 spiro atoms. The van der Waals surface area contributed by atoms with Gasteiger partial charge in [0.25, 0.3) is 0 Å². The minimum Gasteiger partial charge on any atom is -0.497 e. The van der Waals surface area contributed by atoms with Gasteiger partial charge in [-0.05, 0) is 42.3 Å². The molecule has 116 valence electrons. The van der Waals surface area contributed by atoms with Gasteiger partial charge in [0.2, 0.25) is 0 Å². The molecule has 22 heavy (non-hydrogen) atoms. The average Bonchev–Trinajstić information content (AvgIpc) is 2.55. The Bertz CT molecular complexity index is 615. The number of methoxy groups -OCH3 is 2. The molecule has 0 saturated heterocycles. The Balaban J connectivity index is 1.86. The highest BCUT2D eigenvalue weighted by molar-refractivity contribution is 5.89. The Labute approximate surface area is 130 Å². The van der Waals surface area contributed by atoms with Crippen molar-refractivity contribution in [3.63, 3.8) is 0 Å². The molecule has 0 aliphatic heterocycles. The van der Waals surface area contributed by atoms with Crippen molar-refractivity contribution in [1.29, 1.82) is 0 Å². The van der Waals surface area contributed by atoms with Crippen LogP contribution < -0.4 is 20.1 Å². The third kappa shape index (κ3) is 4.41. The second kappa shape index (κ2) is 7.93. The SMILES string of the molecule is COc1ccc(OC)c(CCNC(=O)Nc2ccccc2)c1. The predicted molar refractivity (Wildman–Crippen MR) is 86.7 cm³/mol. The third-order valence-corrected chi connectivity index (χ3v) is 3.20. The van der Waals surface area contributed by atoms with Crippen LogP contribution in [0.1, 0.15) is 5.56 Å². The van der Waals surface area contributed by atoms with Crippen LogP contribution in [0, 0.1) is 0 Å². The molecule has 2 aromatic carbocycles. The molecule has 2 rings (SSSR count). The largest absolute Gasteiger partial charge is 0.497 e. The Morgan fingerprint density at radius 3 is 2.50 bits per heavy atom. The highest BCUT2D eigenvalue weighted by Gasteiger charge is 2.06. The van der Waals surface area contributed by atoms with Gasteiger partial charge >= 0.3 is 6.03 Å². The van der Waals surface area contributed by atoms with Gasteiger partial charge in [-0.2, -0.15) is 0 Å². The minimum absolute atomic E-state index is 0.229. The number of urea groups is 1. The number of amides is 2. The summed E-state index contributed by atoms with van der Waals surface area (Å²) in [6, 6.07) is 14.7. The second-order valence-electron chi connectivity index (χ2n) is 4.67. The van der Waals surface area contributed by atoms with Crippen molar-refractivity contribution in [1.82, 2.24) is 5.32 Å². The molecule has 2 aromatic rings. The van der Waals surface area contributed by atoms with Crippen molar-refractivity contribution in [3.05, 3.63) is 54.1 Å². The molecule has 5 heteroatoms. The number of ether oxygens (including phenoxy) is 2. The van der Waals surface area contributed by atoms with Gasteiger partial charge in [-0.3, -0.25) is 0 Å². The normalized spacial score (nSPS) is 9.91. The molecule has 0 atom stereocenters. The Morgan fingerprint density at radius 2 is 1.82 bits per heavy atom. The van der Waals surface area contributed by atoms with Gasteiger partial charge in [0.15, 0.2) is 0 Å². The van der Waals surface area contributed by atoms with E-state index in [2.05, 4.69) is 10.6 Å². The van der Waals surface area contributed by atoms with Gasteiger partial charge in [0.05, 0.1) is 14.2 Å². The number of anilines is 1. The van der Waals surface area contributed by atoms with Gasteiger partial charge in [0.1, 0.15) is 11.5 Å². The summed E-state index contributed by atoms with van der Waals surface area (Å²) in [6.07, 6.45) is 0.655. The summed E-state index contributed by atoms with van der Waals surface area (Å²) in [5.41, 5.74) is 1.75. The van der Waals surface area contributed by atoms with Crippen LogP contribution in [-0.4, -0.2) is 26.8 Å². The number of carbonyl (C=O) groups is 1. The molecule has 2 amide bonds. The second-order valence-corrected chi connectivity index (χ2v) is 4.67. The molecule has 0 radical (unpaired) electrons. The highest BCUT2D eigenvalue weighted by Crippen LogP contribution is 2.24. The molecule has 0 aliphatic carbocycles. The van der Waals surface area contributed by atoms with Crippen molar-refractivity contribution in [2.45, 2.75) is 6.42 Å². The van der Waals surface area contributed by atoms with Crippen LogP contribution in [0.15, 0.2) is 48.5 Å². The van der Waals surface area contributed by atoms with Crippen molar-refractivity contribution in [2.24, 2.45) is 0 Å². The van der Waals surface area contributed by atoms with Crippen LogP contribution in [-0.2, 0) is 6.42 Å². The van der Waals surface area contributed by atoms with Gasteiger partial charge in [-0.15, -0.1) is 0 Å². The monoisotopic (exact) mass is 300 g/mol. The topological polar surface area (TPSA) is 59.6 Å². The van der Waals surface area contributed by atoms with E-state index in [-0.39, 0.29) is 6.03 Å². The van der Waals surface area contributed by atoms with Crippen LogP contribution in [0.25, 0.3) is 0 Å². The molecule has 0 unspecified atom stereocenters. The van der Waals surface area contributed by atoms with Crippen LogP contribution >= 0.6 is 0 Å². The predicted octanol–water partition coefficient (Wildman–Crippen LogP) is 3.07. The van der Waals surface area contributed by atoms with Crippen molar-refractivity contribution in [2.75, 3.05) is 26.1 Å². The highest BCUT2D eigenvalue weighted by atomic mass is 16.5. The molecule has 0 aromatic heterocycles. The van der Waals surface area contributed by atoms with E-state index in [0.29, 0.717) is 13.0 Å². The first-order valence-electron chi connectivity index (χ1n) is 7.03. The number of nitrogens with one attached hydrogen (secondary N) is 2. The molecule has 0 fully saturated rings. The summed E-state index contributed by atoms with van der Waals surface area (Å²) in [5.74, 6) is 1.55. The number of benzene rings is 2. The summed E-state index contributed by atoms with van der Waals surface area (Å²) in [7, 11) is 3.25. The fourth-order valence-electron chi connectivity index (χ4n) is 2.08. The summed E-state index contributed by atoms with van der Waals surface area (Å²) in [5, 5.41) is 5.60. The smallest absolute Gasteiger partial charge is 0.319 e. The molecule has 0 saturated carbocycles. The number of carbonyl (C=O) groups excluding carboxylic acids is 1. The van der Waals surface area contributed by atoms with E-state index >= 15 is 0 Å². The summed E-state index contributed by atoms with van der Waals surface area (Å²) in [6.45, 7) is 0.502. The molecule has 5 nitrogen and oxygen atoms in total. The molecular formula is C17H20N2O3. The van der Waals surface area contributed by atoms with E-state index < -0.39 is 0 Å². The van der Waals surface area contributed by atoms with Crippen LogP contribution in [0.2, 0.25) is 0 Å². The first-order chi connectivity index (χ1) is 10.7. The van der Waals surface area contributed by atoms with E-state index in [0.717, 1.165) is 22.7 Å². The maximum Gasteiger partial charge on any atom is 0.319 e. The first kappa shape index (κ1) is 15.7. The molecular weight excluding hydrogens is 280 g/mol. The number of hydrogen-bond donors (Lipinski definition) is 2. The quantitative estimate of drug-likeness (QED) is 0.862. The first-order valence-corrected chi connectivity index (χ1v) is 7.03. The zero-order valence-corrected chi connectivity index (χ0v) is 12.8. The number of para-hydroxylation sites is 1. The van der Waals surface area contributed by atoms with E-state index in [1.165, 1.54) is 0 Å². The minimum atomic E-state index is -0.229. The van der Waals surface area contributed by atoms with Gasteiger partial charge in [0, 0.05) is 12.2 Å².